The first-order valence-corrected chi connectivity index (χ1v) is 11.5. The van der Waals surface area contributed by atoms with Gasteiger partial charge < -0.3 is 14.7 Å². The Labute approximate surface area is 192 Å². The highest BCUT2D eigenvalue weighted by Gasteiger charge is 2.23. The van der Waals surface area contributed by atoms with Crippen LogP contribution in [0.2, 0.25) is 5.02 Å². The van der Waals surface area contributed by atoms with E-state index in [1.165, 1.54) is 11.3 Å². The Morgan fingerprint density at radius 1 is 1.29 bits per heavy atom. The van der Waals surface area contributed by atoms with E-state index in [0.29, 0.717) is 28.6 Å². The number of halogens is 1. The Kier molecular flexibility index (Phi) is 8.07. The van der Waals surface area contributed by atoms with Gasteiger partial charge in [-0.2, -0.15) is 0 Å². The summed E-state index contributed by atoms with van der Waals surface area (Å²) in [6.07, 6.45) is 0.831. The second-order valence-corrected chi connectivity index (χ2v) is 8.82. The van der Waals surface area contributed by atoms with Crippen LogP contribution in [-0.2, 0) is 19.8 Å². The number of nitrogens with zero attached hydrogens (tertiary/aromatic N) is 2. The molecule has 0 aliphatic heterocycles. The van der Waals surface area contributed by atoms with E-state index in [1.807, 2.05) is 60.5 Å². The van der Waals surface area contributed by atoms with Crippen molar-refractivity contribution in [2.45, 2.75) is 53.0 Å². The molecular weight excluding hydrogens is 432 g/mol. The number of hydrogen-bond acceptors (Lipinski definition) is 5. The first-order valence-electron chi connectivity index (χ1n) is 10.2. The molecule has 0 saturated carbocycles. The molecule has 2 aromatic carbocycles. The standard InChI is InChI=1S/C24H27ClN2O3S/c1-4-17(3)27(24(29)21-8-6-5-7-16(21)2)12-18-11-19(25)9-10-22(18)30-14-23-26-20(13-28)15-31-23/h5-11,15,17,28H,4,12-14H2,1-3H3/t17-/m0/s1. The minimum Gasteiger partial charge on any atom is -0.486 e. The maximum absolute atomic E-state index is 13.4. The lowest BCUT2D eigenvalue weighted by atomic mass is 10.0. The second-order valence-electron chi connectivity index (χ2n) is 7.44. The van der Waals surface area contributed by atoms with Crippen LogP contribution in [0.15, 0.2) is 47.8 Å². The van der Waals surface area contributed by atoms with Gasteiger partial charge in [0.2, 0.25) is 0 Å². The van der Waals surface area contributed by atoms with Crippen molar-refractivity contribution < 1.29 is 14.6 Å². The summed E-state index contributed by atoms with van der Waals surface area (Å²) in [5.41, 5.74) is 3.12. The van der Waals surface area contributed by atoms with Gasteiger partial charge in [0.15, 0.2) is 0 Å². The number of ether oxygens (including phenoxy) is 1. The number of thiazole rings is 1. The molecular formula is C24H27ClN2O3S. The number of aliphatic hydroxyl groups excluding tert-OH is 1. The Morgan fingerprint density at radius 2 is 2.06 bits per heavy atom. The molecule has 0 bridgehead atoms. The number of aliphatic hydroxyl groups is 1. The van der Waals surface area contributed by atoms with Crippen molar-refractivity contribution in [2.24, 2.45) is 0 Å². The van der Waals surface area contributed by atoms with Crippen LogP contribution >= 0.6 is 22.9 Å². The van der Waals surface area contributed by atoms with Crippen LogP contribution in [0.1, 0.15) is 52.5 Å². The second kappa shape index (κ2) is 10.8. The summed E-state index contributed by atoms with van der Waals surface area (Å²) < 4.78 is 6.03. The summed E-state index contributed by atoms with van der Waals surface area (Å²) in [7, 11) is 0. The van der Waals surface area contributed by atoms with Crippen LogP contribution in [0.5, 0.6) is 5.75 Å². The van der Waals surface area contributed by atoms with Gasteiger partial charge in [0.25, 0.3) is 5.91 Å². The van der Waals surface area contributed by atoms with E-state index in [9.17, 15) is 9.90 Å². The van der Waals surface area contributed by atoms with E-state index in [4.69, 9.17) is 16.3 Å². The van der Waals surface area contributed by atoms with E-state index < -0.39 is 0 Å². The van der Waals surface area contributed by atoms with Gasteiger partial charge in [-0.3, -0.25) is 4.79 Å². The SMILES string of the molecule is CC[C@H](C)N(Cc1cc(Cl)ccc1OCc1nc(CO)cs1)C(=O)c1ccccc1C. The van der Waals surface area contributed by atoms with Gasteiger partial charge in [0.1, 0.15) is 17.4 Å². The number of aryl methyl sites for hydroxylation is 1. The number of carbonyl (C=O) groups is 1. The third-order valence-corrected chi connectivity index (χ3v) is 6.34. The maximum atomic E-state index is 13.4. The lowest BCUT2D eigenvalue weighted by Crippen LogP contribution is -2.38. The average Bonchev–Trinajstić information content (AvgIpc) is 3.24. The topological polar surface area (TPSA) is 62.7 Å². The van der Waals surface area contributed by atoms with Crippen molar-refractivity contribution in [3.63, 3.8) is 0 Å². The molecule has 7 heteroatoms. The molecule has 164 valence electrons. The molecule has 3 aromatic rings. The van der Waals surface area contributed by atoms with E-state index in [2.05, 4.69) is 11.9 Å². The molecule has 5 nitrogen and oxygen atoms in total. The summed E-state index contributed by atoms with van der Waals surface area (Å²) in [6, 6.07) is 13.1. The van der Waals surface area contributed by atoms with Crippen molar-refractivity contribution in [1.29, 1.82) is 0 Å². The molecule has 1 N–H and O–H groups in total. The van der Waals surface area contributed by atoms with Gasteiger partial charge in [-0.05, 0) is 50.1 Å². The van der Waals surface area contributed by atoms with Crippen molar-refractivity contribution in [3.8, 4) is 5.75 Å². The zero-order chi connectivity index (χ0) is 22.4. The molecule has 1 amide bonds. The van der Waals surface area contributed by atoms with Gasteiger partial charge >= 0.3 is 0 Å². The van der Waals surface area contributed by atoms with Crippen LogP contribution in [0.3, 0.4) is 0 Å². The summed E-state index contributed by atoms with van der Waals surface area (Å²) in [5.74, 6) is 0.655. The van der Waals surface area contributed by atoms with Gasteiger partial charge in [0.05, 0.1) is 12.3 Å². The van der Waals surface area contributed by atoms with Crippen molar-refractivity contribution in [1.82, 2.24) is 9.88 Å². The molecule has 1 heterocycles. The zero-order valence-corrected chi connectivity index (χ0v) is 19.5. The summed E-state index contributed by atoms with van der Waals surface area (Å²) in [5, 5.41) is 12.4. The minimum atomic E-state index is -0.0897. The molecule has 1 aromatic heterocycles. The third kappa shape index (κ3) is 5.85. The molecule has 0 fully saturated rings. The first-order chi connectivity index (χ1) is 14.9. The lowest BCUT2D eigenvalue weighted by molar-refractivity contribution is 0.0668. The molecule has 0 aliphatic carbocycles. The quantitative estimate of drug-likeness (QED) is 0.452. The average molecular weight is 459 g/mol. The van der Waals surface area contributed by atoms with Gasteiger partial charge in [-0.1, -0.05) is 36.7 Å². The molecule has 0 unspecified atom stereocenters. The van der Waals surface area contributed by atoms with E-state index >= 15 is 0 Å². The number of rotatable bonds is 9. The largest absolute Gasteiger partial charge is 0.486 e. The number of hydrogen-bond donors (Lipinski definition) is 1. The Bertz CT molecular complexity index is 1040. The molecule has 1 atom stereocenters. The smallest absolute Gasteiger partial charge is 0.254 e. The van der Waals surface area contributed by atoms with Crippen LogP contribution in [0.4, 0.5) is 0 Å². The van der Waals surface area contributed by atoms with Crippen molar-refractivity contribution in [2.75, 3.05) is 0 Å². The summed E-state index contributed by atoms with van der Waals surface area (Å²) in [6.45, 7) is 6.65. The Balaban J connectivity index is 1.85. The minimum absolute atomic E-state index is 0.00844. The fraction of sp³-hybridized carbons (Fsp3) is 0.333. The predicted octanol–water partition coefficient (Wildman–Crippen LogP) is 5.62. The number of benzene rings is 2. The fourth-order valence-corrected chi connectivity index (χ4v) is 4.13. The molecule has 31 heavy (non-hydrogen) atoms. The van der Waals surface area contributed by atoms with Crippen LogP contribution in [-0.4, -0.2) is 26.9 Å². The van der Waals surface area contributed by atoms with E-state index in [-0.39, 0.29) is 25.2 Å². The number of carbonyl (C=O) groups excluding carboxylic acids is 1. The maximum Gasteiger partial charge on any atom is 0.254 e. The van der Waals surface area contributed by atoms with Crippen LogP contribution < -0.4 is 4.74 Å². The lowest BCUT2D eigenvalue weighted by Gasteiger charge is -2.30. The molecule has 3 rings (SSSR count). The van der Waals surface area contributed by atoms with Crippen LogP contribution in [0, 0.1) is 6.92 Å². The normalized spacial score (nSPS) is 11.9. The number of amides is 1. The molecule has 0 saturated heterocycles. The van der Waals surface area contributed by atoms with Crippen LogP contribution in [0.25, 0.3) is 0 Å². The van der Waals surface area contributed by atoms with Gasteiger partial charge in [-0.15, -0.1) is 11.3 Å². The monoisotopic (exact) mass is 458 g/mol. The Morgan fingerprint density at radius 3 is 2.74 bits per heavy atom. The number of aromatic nitrogens is 1. The highest BCUT2D eigenvalue weighted by molar-refractivity contribution is 7.09. The van der Waals surface area contributed by atoms with E-state index in [1.54, 1.807) is 6.07 Å². The zero-order valence-electron chi connectivity index (χ0n) is 18.0. The molecule has 0 aliphatic rings. The summed E-state index contributed by atoms with van der Waals surface area (Å²) in [4.78, 5) is 19.6. The fourth-order valence-electron chi connectivity index (χ4n) is 3.24. The summed E-state index contributed by atoms with van der Waals surface area (Å²) >= 11 is 7.72. The van der Waals surface area contributed by atoms with Crippen molar-refractivity contribution >= 4 is 28.8 Å². The Hall–Kier alpha value is -2.41. The van der Waals surface area contributed by atoms with Gasteiger partial charge in [-0.25, -0.2) is 4.98 Å². The molecule has 0 spiro atoms. The highest BCUT2D eigenvalue weighted by Crippen LogP contribution is 2.28. The predicted molar refractivity (Wildman–Crippen MR) is 125 cm³/mol. The van der Waals surface area contributed by atoms with Crippen molar-refractivity contribution in [3.05, 3.63) is 80.3 Å². The van der Waals surface area contributed by atoms with Gasteiger partial charge in [0, 0.05) is 34.1 Å². The first kappa shape index (κ1) is 23.3. The molecule has 0 radical (unpaired) electrons. The third-order valence-electron chi connectivity index (χ3n) is 5.23. The van der Waals surface area contributed by atoms with E-state index in [0.717, 1.165) is 22.6 Å². The highest BCUT2D eigenvalue weighted by atomic mass is 35.5.